The molecule has 6 nitrogen and oxygen atoms in total. The molecule has 3 aromatic rings. The number of allylic oxidation sites excluding steroid dienone is 2. The third-order valence-corrected chi connectivity index (χ3v) is 5.98. The summed E-state index contributed by atoms with van der Waals surface area (Å²) in [6.45, 7) is 8.02. The lowest BCUT2D eigenvalue weighted by molar-refractivity contribution is 0.114. The molecule has 1 aromatic carbocycles. The number of rotatable bonds is 6. The first-order valence-corrected chi connectivity index (χ1v) is 10.4. The van der Waals surface area contributed by atoms with Gasteiger partial charge in [-0.3, -0.25) is 4.98 Å². The minimum atomic E-state index is -0.397. The second-order valence-electron chi connectivity index (χ2n) is 7.91. The molecule has 1 N–H and O–H groups in total. The van der Waals surface area contributed by atoms with Crippen LogP contribution in [0.3, 0.4) is 0 Å². The molecule has 156 valence electrons. The molecule has 1 aliphatic rings. The number of hydrogen-bond acceptors (Lipinski definition) is 5. The van der Waals surface area contributed by atoms with E-state index in [9.17, 15) is 5.11 Å². The van der Waals surface area contributed by atoms with E-state index in [-0.39, 0.29) is 11.8 Å². The Bertz CT molecular complexity index is 1090. The maximum atomic E-state index is 10.3. The van der Waals surface area contributed by atoms with Crippen LogP contribution in [-0.2, 0) is 0 Å². The minimum absolute atomic E-state index is 0.0920. The molecule has 30 heavy (non-hydrogen) atoms. The summed E-state index contributed by atoms with van der Waals surface area (Å²) in [4.78, 5) is 9.98. The average molecular weight is 405 g/mol. The van der Waals surface area contributed by atoms with Crippen molar-refractivity contribution < 1.29 is 9.84 Å². The lowest BCUT2D eigenvalue weighted by Crippen LogP contribution is -2.23. The van der Waals surface area contributed by atoms with Gasteiger partial charge in [0.25, 0.3) is 0 Å². The highest BCUT2D eigenvalue weighted by atomic mass is 16.5. The van der Waals surface area contributed by atoms with E-state index < -0.39 is 6.10 Å². The van der Waals surface area contributed by atoms with Gasteiger partial charge in [0.15, 0.2) is 0 Å². The fraction of sp³-hybridized carbons (Fsp3) is 0.375. The second kappa shape index (κ2) is 8.03. The number of ether oxygens (including phenoxy) is 1. The molecule has 0 saturated carbocycles. The van der Waals surface area contributed by atoms with E-state index in [1.807, 2.05) is 44.3 Å². The molecule has 0 radical (unpaired) electrons. The molecule has 0 amide bonds. The predicted octanol–water partition coefficient (Wildman–Crippen LogP) is 4.55. The van der Waals surface area contributed by atoms with E-state index >= 15 is 0 Å². The molecular formula is C24H28N4O2. The van der Waals surface area contributed by atoms with Crippen molar-refractivity contribution in [1.82, 2.24) is 19.7 Å². The van der Waals surface area contributed by atoms with Crippen LogP contribution in [0.1, 0.15) is 50.2 Å². The summed E-state index contributed by atoms with van der Waals surface area (Å²) >= 11 is 0. The number of hydrogen-bond donors (Lipinski definition) is 1. The van der Waals surface area contributed by atoms with Crippen LogP contribution in [0.2, 0.25) is 0 Å². The predicted molar refractivity (Wildman–Crippen MR) is 118 cm³/mol. The summed E-state index contributed by atoms with van der Waals surface area (Å²) in [6.07, 6.45) is 6.34. The Hall–Kier alpha value is -2.99. The van der Waals surface area contributed by atoms with Crippen LogP contribution in [-0.4, -0.2) is 38.1 Å². The zero-order valence-corrected chi connectivity index (χ0v) is 18.1. The summed E-state index contributed by atoms with van der Waals surface area (Å²) in [7, 11) is 1.66. The van der Waals surface area contributed by atoms with Gasteiger partial charge in [-0.1, -0.05) is 13.0 Å². The highest BCUT2D eigenvalue weighted by molar-refractivity contribution is 5.76. The fourth-order valence-corrected chi connectivity index (χ4v) is 4.40. The first-order chi connectivity index (χ1) is 14.4. The topological polar surface area (TPSA) is 73.1 Å². The zero-order valence-electron chi connectivity index (χ0n) is 18.1. The molecule has 2 aromatic heterocycles. The maximum Gasteiger partial charge on any atom is 0.130 e. The molecule has 0 saturated heterocycles. The van der Waals surface area contributed by atoms with Gasteiger partial charge in [-0.25, -0.2) is 9.67 Å². The molecule has 4 rings (SSSR count). The molecule has 0 bridgehead atoms. The van der Waals surface area contributed by atoms with Crippen molar-refractivity contribution in [2.45, 2.75) is 46.1 Å². The van der Waals surface area contributed by atoms with Crippen LogP contribution >= 0.6 is 0 Å². The van der Waals surface area contributed by atoms with Crippen molar-refractivity contribution in [3.05, 3.63) is 59.8 Å². The maximum absolute atomic E-state index is 10.3. The van der Waals surface area contributed by atoms with Gasteiger partial charge in [0, 0.05) is 29.9 Å². The van der Waals surface area contributed by atoms with Crippen LogP contribution in [0, 0.1) is 12.8 Å². The number of methoxy groups -OCH3 is 1. The highest BCUT2D eigenvalue weighted by Crippen LogP contribution is 2.42. The van der Waals surface area contributed by atoms with Gasteiger partial charge in [0.1, 0.15) is 5.75 Å². The van der Waals surface area contributed by atoms with Crippen molar-refractivity contribution in [2.75, 3.05) is 7.11 Å². The molecule has 6 heteroatoms. The van der Waals surface area contributed by atoms with Crippen molar-refractivity contribution in [2.24, 2.45) is 5.92 Å². The van der Waals surface area contributed by atoms with Gasteiger partial charge in [-0.2, -0.15) is 5.10 Å². The van der Waals surface area contributed by atoms with Gasteiger partial charge < -0.3 is 9.84 Å². The van der Waals surface area contributed by atoms with Gasteiger partial charge in [0.05, 0.1) is 41.7 Å². The van der Waals surface area contributed by atoms with Crippen molar-refractivity contribution in [1.29, 1.82) is 0 Å². The zero-order chi connectivity index (χ0) is 21.4. The van der Waals surface area contributed by atoms with Gasteiger partial charge in [-0.15, -0.1) is 0 Å². The highest BCUT2D eigenvalue weighted by Gasteiger charge is 2.33. The average Bonchev–Trinajstić information content (AvgIpc) is 3.36. The quantitative estimate of drug-likeness (QED) is 0.652. The number of aliphatic hydroxyl groups is 1. The third kappa shape index (κ3) is 3.41. The van der Waals surface area contributed by atoms with E-state index in [4.69, 9.17) is 14.7 Å². The Labute approximate surface area is 177 Å². The normalized spacial score (nSPS) is 17.4. The number of benzene rings is 1. The van der Waals surface area contributed by atoms with Crippen LogP contribution in [0.4, 0.5) is 0 Å². The van der Waals surface area contributed by atoms with Crippen molar-refractivity contribution in [3.8, 4) is 22.7 Å². The molecule has 0 spiro atoms. The van der Waals surface area contributed by atoms with Crippen molar-refractivity contribution >= 4 is 5.57 Å². The Morgan fingerprint density at radius 2 is 2.00 bits per heavy atom. The lowest BCUT2D eigenvalue weighted by Gasteiger charge is -2.24. The molecule has 0 aliphatic heterocycles. The molecule has 1 unspecified atom stereocenters. The molecule has 1 aliphatic carbocycles. The first kappa shape index (κ1) is 20.3. The van der Waals surface area contributed by atoms with Crippen LogP contribution in [0.5, 0.6) is 5.75 Å². The minimum Gasteiger partial charge on any atom is -0.496 e. The van der Waals surface area contributed by atoms with Crippen LogP contribution in [0.25, 0.3) is 22.5 Å². The van der Waals surface area contributed by atoms with Crippen molar-refractivity contribution in [3.63, 3.8) is 0 Å². The fourth-order valence-electron chi connectivity index (χ4n) is 4.40. The summed E-state index contributed by atoms with van der Waals surface area (Å²) in [5.74, 6) is 0.949. The van der Waals surface area contributed by atoms with E-state index in [0.717, 1.165) is 51.8 Å². The Balaban J connectivity index is 1.79. The Kier molecular flexibility index (Phi) is 5.43. The monoisotopic (exact) mass is 404 g/mol. The summed E-state index contributed by atoms with van der Waals surface area (Å²) in [5.41, 5.74) is 6.48. The number of nitrogens with zero attached hydrogens (tertiary/aromatic N) is 4. The van der Waals surface area contributed by atoms with Crippen LogP contribution < -0.4 is 4.74 Å². The Morgan fingerprint density at radius 1 is 1.20 bits per heavy atom. The van der Waals surface area contributed by atoms with Gasteiger partial charge in [-0.05, 0) is 56.9 Å². The second-order valence-corrected chi connectivity index (χ2v) is 7.91. The molecular weight excluding hydrogens is 376 g/mol. The number of aromatic nitrogens is 4. The molecule has 2 heterocycles. The van der Waals surface area contributed by atoms with E-state index in [1.54, 1.807) is 18.0 Å². The summed E-state index contributed by atoms with van der Waals surface area (Å²) in [6, 6.07) is 7.86. The van der Waals surface area contributed by atoms with E-state index in [2.05, 4.69) is 25.0 Å². The summed E-state index contributed by atoms with van der Waals surface area (Å²) < 4.78 is 7.49. The number of aliphatic hydroxyl groups excluding tert-OH is 1. The lowest BCUT2D eigenvalue weighted by atomic mass is 9.85. The van der Waals surface area contributed by atoms with E-state index in [1.165, 1.54) is 0 Å². The Morgan fingerprint density at radius 3 is 2.63 bits per heavy atom. The number of fused-ring (bicyclic) bond motifs is 1. The van der Waals surface area contributed by atoms with E-state index in [0.29, 0.717) is 0 Å². The molecule has 0 fully saturated rings. The number of aryl methyl sites for hydroxylation is 1. The van der Waals surface area contributed by atoms with Gasteiger partial charge >= 0.3 is 0 Å². The first-order valence-electron chi connectivity index (χ1n) is 10.4. The third-order valence-electron chi connectivity index (χ3n) is 5.98. The SMILES string of the molecule is CC[C@@H](C1C=C(C)c2nc(-c3ccc(-n4cccn4)cc3OC)c(C)nc21)[C@H](C)O. The standard InChI is InChI=1S/C24H28N4O2/c1-6-18(16(4)29)20-12-14(2)22-24(20)26-15(3)23(27-22)19-9-8-17(13-21(19)30-5)28-11-7-10-25-28/h7-13,16,18,20,29H,6H2,1-5H3/t16-,18+,20?/m0/s1. The largest absolute Gasteiger partial charge is 0.496 e. The van der Waals surface area contributed by atoms with Gasteiger partial charge in [0.2, 0.25) is 0 Å². The smallest absolute Gasteiger partial charge is 0.130 e. The summed E-state index contributed by atoms with van der Waals surface area (Å²) in [5, 5.41) is 14.5. The molecule has 3 atom stereocenters. The van der Waals surface area contributed by atoms with Crippen LogP contribution in [0.15, 0.2) is 42.7 Å².